The van der Waals surface area contributed by atoms with Crippen LogP contribution >= 0.6 is 0 Å². The Balaban J connectivity index is 2.07. The third-order valence-corrected chi connectivity index (χ3v) is 2.51. The van der Waals surface area contributed by atoms with E-state index >= 15 is 0 Å². The minimum absolute atomic E-state index is 0.0259. The van der Waals surface area contributed by atoms with Gasteiger partial charge in [0.2, 0.25) is 0 Å². The van der Waals surface area contributed by atoms with E-state index < -0.39 is 4.92 Å². The van der Waals surface area contributed by atoms with Crippen molar-refractivity contribution in [2.24, 2.45) is 0 Å². The second-order valence-corrected chi connectivity index (χ2v) is 3.97. The molecule has 94 valence electrons. The highest BCUT2D eigenvalue weighted by Gasteiger charge is 2.11. The molecule has 0 aliphatic rings. The molecule has 0 aliphatic carbocycles. The molecule has 18 heavy (non-hydrogen) atoms. The molecule has 0 fully saturated rings. The van der Waals surface area contributed by atoms with Crippen LogP contribution in [0.5, 0.6) is 0 Å². The second kappa shape index (κ2) is 4.87. The van der Waals surface area contributed by atoms with Crippen LogP contribution in [0.3, 0.4) is 0 Å². The van der Waals surface area contributed by atoms with Gasteiger partial charge in [0, 0.05) is 6.07 Å². The lowest BCUT2D eigenvalue weighted by molar-refractivity contribution is -0.385. The van der Waals surface area contributed by atoms with Crippen LogP contribution in [0.1, 0.15) is 24.5 Å². The SMILES string of the molecule is Cc1ccc([C@H](C)Nc2ccc([N+](=O)[O-])cn2)o1. The van der Waals surface area contributed by atoms with Gasteiger partial charge in [0.15, 0.2) is 0 Å². The topological polar surface area (TPSA) is 81.2 Å². The van der Waals surface area contributed by atoms with E-state index in [9.17, 15) is 10.1 Å². The number of aromatic nitrogens is 1. The summed E-state index contributed by atoms with van der Waals surface area (Å²) < 4.78 is 5.48. The zero-order chi connectivity index (χ0) is 13.1. The normalized spacial score (nSPS) is 12.1. The van der Waals surface area contributed by atoms with Crippen LogP contribution in [-0.2, 0) is 0 Å². The molecular formula is C12H13N3O3. The van der Waals surface area contributed by atoms with E-state index in [2.05, 4.69) is 10.3 Å². The van der Waals surface area contributed by atoms with E-state index in [4.69, 9.17) is 4.42 Å². The van der Waals surface area contributed by atoms with Crippen molar-refractivity contribution < 1.29 is 9.34 Å². The Hall–Kier alpha value is -2.37. The molecule has 0 amide bonds. The third-order valence-electron chi connectivity index (χ3n) is 2.51. The first-order chi connectivity index (χ1) is 8.56. The van der Waals surface area contributed by atoms with Crippen LogP contribution in [0.2, 0.25) is 0 Å². The molecular weight excluding hydrogens is 234 g/mol. The summed E-state index contributed by atoms with van der Waals surface area (Å²) in [6.07, 6.45) is 1.22. The van der Waals surface area contributed by atoms with Crippen LogP contribution in [0.25, 0.3) is 0 Å². The molecule has 2 heterocycles. The van der Waals surface area contributed by atoms with Gasteiger partial charge in [-0.25, -0.2) is 4.98 Å². The maximum atomic E-state index is 10.5. The average molecular weight is 247 g/mol. The van der Waals surface area contributed by atoms with Crippen molar-refractivity contribution in [1.29, 1.82) is 0 Å². The van der Waals surface area contributed by atoms with Gasteiger partial charge >= 0.3 is 0 Å². The molecule has 0 unspecified atom stereocenters. The Bertz CT molecular complexity index is 548. The summed E-state index contributed by atoms with van der Waals surface area (Å²) in [5.74, 6) is 2.21. The maximum absolute atomic E-state index is 10.5. The third kappa shape index (κ3) is 2.65. The van der Waals surface area contributed by atoms with Crippen molar-refractivity contribution in [3.63, 3.8) is 0 Å². The molecule has 0 radical (unpaired) electrons. The number of rotatable bonds is 4. The lowest BCUT2D eigenvalue weighted by Crippen LogP contribution is -2.06. The largest absolute Gasteiger partial charge is 0.464 e. The van der Waals surface area contributed by atoms with E-state index in [1.54, 1.807) is 6.07 Å². The maximum Gasteiger partial charge on any atom is 0.287 e. The van der Waals surface area contributed by atoms with Crippen molar-refractivity contribution in [3.8, 4) is 0 Å². The lowest BCUT2D eigenvalue weighted by atomic mass is 10.2. The number of aryl methyl sites for hydroxylation is 1. The van der Waals surface area contributed by atoms with E-state index in [0.717, 1.165) is 11.5 Å². The number of hydrogen-bond acceptors (Lipinski definition) is 5. The standard InChI is InChI=1S/C12H13N3O3/c1-8-3-5-11(18-8)9(2)14-12-6-4-10(7-13-12)15(16)17/h3-7,9H,1-2H3,(H,13,14)/t9-/m0/s1. The predicted octanol–water partition coefficient (Wildman–Crippen LogP) is 3.06. The molecule has 2 aromatic rings. The quantitative estimate of drug-likeness (QED) is 0.663. The minimum Gasteiger partial charge on any atom is -0.464 e. The average Bonchev–Trinajstić information content (AvgIpc) is 2.76. The van der Waals surface area contributed by atoms with Gasteiger partial charge < -0.3 is 9.73 Å². The second-order valence-electron chi connectivity index (χ2n) is 3.97. The fraction of sp³-hybridized carbons (Fsp3) is 0.250. The highest BCUT2D eigenvalue weighted by Crippen LogP contribution is 2.20. The lowest BCUT2D eigenvalue weighted by Gasteiger charge is -2.11. The Morgan fingerprint density at radius 1 is 1.39 bits per heavy atom. The zero-order valence-corrected chi connectivity index (χ0v) is 10.1. The van der Waals surface area contributed by atoms with Crippen LogP contribution < -0.4 is 5.32 Å². The molecule has 0 aromatic carbocycles. The van der Waals surface area contributed by atoms with Crippen molar-refractivity contribution in [2.45, 2.75) is 19.9 Å². The van der Waals surface area contributed by atoms with Gasteiger partial charge in [-0.15, -0.1) is 0 Å². The highest BCUT2D eigenvalue weighted by molar-refractivity contribution is 5.41. The van der Waals surface area contributed by atoms with Crippen LogP contribution in [0.4, 0.5) is 11.5 Å². The first-order valence-corrected chi connectivity index (χ1v) is 5.49. The Morgan fingerprint density at radius 2 is 2.17 bits per heavy atom. The van der Waals surface area contributed by atoms with Crippen molar-refractivity contribution in [3.05, 3.63) is 52.1 Å². The van der Waals surface area contributed by atoms with Gasteiger partial charge in [-0.3, -0.25) is 10.1 Å². The molecule has 0 saturated carbocycles. The first kappa shape index (κ1) is 12.1. The van der Waals surface area contributed by atoms with E-state index in [1.165, 1.54) is 12.3 Å². The summed E-state index contributed by atoms with van der Waals surface area (Å²) in [6.45, 7) is 3.81. The van der Waals surface area contributed by atoms with E-state index in [-0.39, 0.29) is 11.7 Å². The Kier molecular flexibility index (Phi) is 3.27. The molecule has 0 bridgehead atoms. The van der Waals surface area contributed by atoms with Crippen LogP contribution in [0.15, 0.2) is 34.9 Å². The fourth-order valence-corrected chi connectivity index (χ4v) is 1.56. The van der Waals surface area contributed by atoms with Gasteiger partial charge in [0.25, 0.3) is 5.69 Å². The molecule has 0 spiro atoms. The monoisotopic (exact) mass is 247 g/mol. The van der Waals surface area contributed by atoms with Crippen molar-refractivity contribution in [1.82, 2.24) is 4.98 Å². The number of pyridine rings is 1. The summed E-state index contributed by atoms with van der Waals surface area (Å²) in [4.78, 5) is 14.0. The predicted molar refractivity (Wildman–Crippen MR) is 66.4 cm³/mol. The van der Waals surface area contributed by atoms with Crippen molar-refractivity contribution in [2.75, 3.05) is 5.32 Å². The Labute approximate surface area is 104 Å². The first-order valence-electron chi connectivity index (χ1n) is 5.49. The number of hydrogen-bond donors (Lipinski definition) is 1. The smallest absolute Gasteiger partial charge is 0.287 e. The molecule has 2 aromatic heterocycles. The molecule has 1 N–H and O–H groups in total. The number of nitrogens with zero attached hydrogens (tertiary/aromatic N) is 2. The molecule has 1 atom stereocenters. The number of anilines is 1. The highest BCUT2D eigenvalue weighted by atomic mass is 16.6. The van der Waals surface area contributed by atoms with Crippen LogP contribution in [-0.4, -0.2) is 9.91 Å². The van der Waals surface area contributed by atoms with Gasteiger partial charge in [-0.05, 0) is 32.0 Å². The summed E-state index contributed by atoms with van der Waals surface area (Å²) in [7, 11) is 0. The molecule has 0 saturated heterocycles. The summed E-state index contributed by atoms with van der Waals surface area (Å²) in [5.41, 5.74) is -0.0259. The van der Waals surface area contributed by atoms with Gasteiger partial charge in [0.1, 0.15) is 23.5 Å². The molecule has 6 nitrogen and oxygen atoms in total. The zero-order valence-electron chi connectivity index (χ0n) is 10.1. The van der Waals surface area contributed by atoms with E-state index in [0.29, 0.717) is 5.82 Å². The summed E-state index contributed by atoms with van der Waals surface area (Å²) >= 11 is 0. The van der Waals surface area contributed by atoms with Crippen molar-refractivity contribution >= 4 is 11.5 Å². The minimum atomic E-state index is -0.476. The molecule has 0 aliphatic heterocycles. The van der Waals surface area contributed by atoms with E-state index in [1.807, 2.05) is 26.0 Å². The number of furan rings is 1. The number of nitro groups is 1. The van der Waals surface area contributed by atoms with Gasteiger partial charge in [0.05, 0.1) is 11.0 Å². The fourth-order valence-electron chi connectivity index (χ4n) is 1.56. The summed E-state index contributed by atoms with van der Waals surface area (Å²) in [6, 6.07) is 6.71. The molecule has 2 rings (SSSR count). The summed E-state index contributed by atoms with van der Waals surface area (Å²) in [5, 5.41) is 13.6. The number of nitrogens with one attached hydrogen (secondary N) is 1. The Morgan fingerprint density at radius 3 is 2.67 bits per heavy atom. The molecule has 6 heteroatoms. The van der Waals surface area contributed by atoms with Gasteiger partial charge in [-0.2, -0.15) is 0 Å². The van der Waals surface area contributed by atoms with Crippen LogP contribution in [0, 0.1) is 17.0 Å². The van der Waals surface area contributed by atoms with Gasteiger partial charge in [-0.1, -0.05) is 0 Å².